The van der Waals surface area contributed by atoms with Gasteiger partial charge in [0.2, 0.25) is 0 Å². The number of amides is 1. The van der Waals surface area contributed by atoms with E-state index < -0.39 is 5.97 Å². The van der Waals surface area contributed by atoms with Crippen LogP contribution in [-0.2, 0) is 4.79 Å². The number of pyridine rings is 1. The minimum Gasteiger partial charge on any atom is -0.481 e. The van der Waals surface area contributed by atoms with Crippen molar-refractivity contribution in [3.63, 3.8) is 0 Å². The van der Waals surface area contributed by atoms with Crippen LogP contribution in [-0.4, -0.2) is 51.0 Å². The van der Waals surface area contributed by atoms with Crippen LogP contribution in [0.3, 0.4) is 0 Å². The standard InChI is InChI=1S/C12H12Cl2N2O3S/c13-9-3-7(4-10(14)15-9)12(19)16-1-2-20-6-8(16)5-11(17)18/h3-4,8H,1-2,5-6H2,(H,17,18). The fourth-order valence-corrected chi connectivity index (χ4v) is 3.57. The molecule has 0 aliphatic carbocycles. The van der Waals surface area contributed by atoms with Crippen molar-refractivity contribution in [3.05, 3.63) is 28.0 Å². The number of carbonyl (C=O) groups excluding carboxylic acids is 1. The summed E-state index contributed by atoms with van der Waals surface area (Å²) in [5.41, 5.74) is 0.331. The molecule has 0 aromatic carbocycles. The van der Waals surface area contributed by atoms with Crippen LogP contribution >= 0.6 is 35.0 Å². The molecule has 1 atom stereocenters. The lowest BCUT2D eigenvalue weighted by atomic mass is 10.1. The number of thioether (sulfide) groups is 1. The number of rotatable bonds is 3. The fourth-order valence-electron chi connectivity index (χ4n) is 2.05. The first-order valence-electron chi connectivity index (χ1n) is 5.91. The van der Waals surface area contributed by atoms with Gasteiger partial charge in [0.05, 0.1) is 12.5 Å². The van der Waals surface area contributed by atoms with Crippen LogP contribution in [0.15, 0.2) is 12.1 Å². The topological polar surface area (TPSA) is 70.5 Å². The first kappa shape index (κ1) is 15.4. The molecule has 0 spiro atoms. The number of hydrogen-bond donors (Lipinski definition) is 1. The molecule has 1 N–H and O–H groups in total. The molecule has 1 aromatic rings. The third-order valence-corrected chi connectivity index (χ3v) is 4.39. The van der Waals surface area contributed by atoms with Gasteiger partial charge in [0.25, 0.3) is 5.91 Å². The van der Waals surface area contributed by atoms with Gasteiger partial charge in [-0.05, 0) is 12.1 Å². The maximum atomic E-state index is 12.5. The van der Waals surface area contributed by atoms with Crippen molar-refractivity contribution in [2.24, 2.45) is 0 Å². The van der Waals surface area contributed by atoms with Crippen molar-refractivity contribution < 1.29 is 14.7 Å². The van der Waals surface area contributed by atoms with E-state index in [0.29, 0.717) is 17.9 Å². The lowest BCUT2D eigenvalue weighted by molar-refractivity contribution is -0.138. The summed E-state index contributed by atoms with van der Waals surface area (Å²) in [6.07, 6.45) is -0.0642. The molecule has 1 aromatic heterocycles. The maximum Gasteiger partial charge on any atom is 0.305 e. The van der Waals surface area contributed by atoms with Crippen LogP contribution in [0, 0.1) is 0 Å². The Kier molecular flexibility index (Phi) is 5.12. The smallest absolute Gasteiger partial charge is 0.305 e. The highest BCUT2D eigenvalue weighted by Crippen LogP contribution is 2.23. The Bertz CT molecular complexity index is 521. The number of halogens is 2. The summed E-state index contributed by atoms with van der Waals surface area (Å²) < 4.78 is 0. The second-order valence-electron chi connectivity index (χ2n) is 4.33. The average molecular weight is 335 g/mol. The summed E-state index contributed by atoms with van der Waals surface area (Å²) >= 11 is 13.2. The number of aliphatic carboxylic acids is 1. The average Bonchev–Trinajstić information content (AvgIpc) is 2.36. The monoisotopic (exact) mass is 334 g/mol. The molecule has 1 amide bonds. The van der Waals surface area contributed by atoms with Crippen molar-refractivity contribution in [2.75, 3.05) is 18.1 Å². The summed E-state index contributed by atoms with van der Waals surface area (Å²) in [5.74, 6) is 0.225. The molecule has 0 radical (unpaired) electrons. The second-order valence-corrected chi connectivity index (χ2v) is 6.25. The predicted molar refractivity (Wildman–Crippen MR) is 78.7 cm³/mol. The Balaban J connectivity index is 2.22. The highest BCUT2D eigenvalue weighted by atomic mass is 35.5. The van der Waals surface area contributed by atoms with E-state index >= 15 is 0 Å². The van der Waals surface area contributed by atoms with Gasteiger partial charge in [-0.1, -0.05) is 23.2 Å². The summed E-state index contributed by atoms with van der Waals surface area (Å²) in [4.78, 5) is 28.7. The molecule has 20 heavy (non-hydrogen) atoms. The number of carbonyl (C=O) groups is 2. The lowest BCUT2D eigenvalue weighted by Crippen LogP contribution is -2.47. The lowest BCUT2D eigenvalue weighted by Gasteiger charge is -2.34. The molecule has 1 saturated heterocycles. The van der Waals surface area contributed by atoms with Crippen LogP contribution in [0.2, 0.25) is 10.3 Å². The Morgan fingerprint density at radius 2 is 2.05 bits per heavy atom. The number of carboxylic acids is 1. The minimum atomic E-state index is -0.916. The van der Waals surface area contributed by atoms with Crippen LogP contribution in [0.25, 0.3) is 0 Å². The third kappa shape index (κ3) is 3.77. The van der Waals surface area contributed by atoms with Gasteiger partial charge in [-0.2, -0.15) is 11.8 Å². The van der Waals surface area contributed by atoms with Crippen molar-refractivity contribution in [3.8, 4) is 0 Å². The van der Waals surface area contributed by atoms with E-state index in [1.807, 2.05) is 0 Å². The third-order valence-electron chi connectivity index (χ3n) is 2.91. The van der Waals surface area contributed by atoms with E-state index in [0.717, 1.165) is 5.75 Å². The van der Waals surface area contributed by atoms with E-state index in [2.05, 4.69) is 4.98 Å². The van der Waals surface area contributed by atoms with Gasteiger partial charge >= 0.3 is 5.97 Å². The molecule has 2 heterocycles. The molecular formula is C12H12Cl2N2O3S. The first-order valence-corrected chi connectivity index (χ1v) is 7.82. The van der Waals surface area contributed by atoms with E-state index in [4.69, 9.17) is 28.3 Å². The van der Waals surface area contributed by atoms with Gasteiger partial charge in [-0.3, -0.25) is 9.59 Å². The SMILES string of the molecule is O=C(O)CC1CSCCN1C(=O)c1cc(Cl)nc(Cl)c1. The van der Waals surface area contributed by atoms with Gasteiger partial charge in [0.1, 0.15) is 10.3 Å². The minimum absolute atomic E-state index is 0.0642. The molecule has 0 bridgehead atoms. The van der Waals surface area contributed by atoms with E-state index in [9.17, 15) is 9.59 Å². The molecule has 108 valence electrons. The van der Waals surface area contributed by atoms with Crippen molar-refractivity contribution >= 4 is 46.8 Å². The molecule has 5 nitrogen and oxygen atoms in total. The van der Waals surface area contributed by atoms with Crippen LogP contribution in [0.4, 0.5) is 0 Å². The van der Waals surface area contributed by atoms with Gasteiger partial charge < -0.3 is 10.0 Å². The molecule has 1 aliphatic rings. The number of aromatic nitrogens is 1. The highest BCUT2D eigenvalue weighted by molar-refractivity contribution is 7.99. The van der Waals surface area contributed by atoms with Crippen molar-refractivity contribution in [1.29, 1.82) is 0 Å². The van der Waals surface area contributed by atoms with Gasteiger partial charge in [0, 0.05) is 23.6 Å². The van der Waals surface area contributed by atoms with E-state index in [1.165, 1.54) is 12.1 Å². The molecule has 1 aliphatic heterocycles. The molecule has 8 heteroatoms. The molecular weight excluding hydrogens is 323 g/mol. The Labute approximate surface area is 130 Å². The molecule has 1 fully saturated rings. The Morgan fingerprint density at radius 1 is 1.40 bits per heavy atom. The molecule has 2 rings (SSSR count). The predicted octanol–water partition coefficient (Wildman–Crippen LogP) is 2.42. The van der Waals surface area contributed by atoms with Crippen molar-refractivity contribution in [1.82, 2.24) is 9.88 Å². The summed E-state index contributed by atoms with van der Waals surface area (Å²) in [7, 11) is 0. The molecule has 0 saturated carbocycles. The van der Waals surface area contributed by atoms with Gasteiger partial charge in [-0.15, -0.1) is 0 Å². The van der Waals surface area contributed by atoms with Gasteiger partial charge in [0.15, 0.2) is 0 Å². The number of carboxylic acid groups (broad SMARTS) is 1. The van der Waals surface area contributed by atoms with Crippen LogP contribution < -0.4 is 0 Å². The zero-order valence-electron chi connectivity index (χ0n) is 10.4. The Morgan fingerprint density at radius 3 is 2.65 bits per heavy atom. The Hall–Kier alpha value is -0.980. The van der Waals surface area contributed by atoms with Crippen LogP contribution in [0.1, 0.15) is 16.8 Å². The zero-order valence-corrected chi connectivity index (χ0v) is 12.7. The zero-order chi connectivity index (χ0) is 14.7. The van der Waals surface area contributed by atoms with Crippen LogP contribution in [0.5, 0.6) is 0 Å². The number of nitrogens with zero attached hydrogens (tertiary/aromatic N) is 2. The molecule has 1 unspecified atom stereocenters. The van der Waals surface area contributed by atoms with E-state index in [-0.39, 0.29) is 28.7 Å². The second kappa shape index (κ2) is 6.65. The number of hydrogen-bond acceptors (Lipinski definition) is 4. The highest BCUT2D eigenvalue weighted by Gasteiger charge is 2.29. The maximum absolute atomic E-state index is 12.5. The normalized spacial score (nSPS) is 18.9. The fraction of sp³-hybridized carbons (Fsp3) is 0.417. The van der Waals surface area contributed by atoms with E-state index in [1.54, 1.807) is 16.7 Å². The van der Waals surface area contributed by atoms with Crippen molar-refractivity contribution in [2.45, 2.75) is 12.5 Å². The van der Waals surface area contributed by atoms with Gasteiger partial charge in [-0.25, -0.2) is 4.98 Å². The summed E-state index contributed by atoms with van der Waals surface area (Å²) in [5, 5.41) is 9.21. The summed E-state index contributed by atoms with van der Waals surface area (Å²) in [6.45, 7) is 0.513. The summed E-state index contributed by atoms with van der Waals surface area (Å²) in [6, 6.07) is 2.56. The largest absolute Gasteiger partial charge is 0.481 e. The first-order chi connectivity index (χ1) is 9.47. The quantitative estimate of drug-likeness (QED) is 0.859.